The van der Waals surface area contributed by atoms with Gasteiger partial charge in [-0.1, -0.05) is 35.5 Å². The molecule has 0 bridgehead atoms. The van der Waals surface area contributed by atoms with Crippen molar-refractivity contribution in [3.8, 4) is 0 Å². The van der Waals surface area contributed by atoms with Gasteiger partial charge in [-0.05, 0) is 44.2 Å². The number of aryl methyl sites for hydroxylation is 1. The monoisotopic (exact) mass is 453 g/mol. The van der Waals surface area contributed by atoms with E-state index in [0.29, 0.717) is 28.8 Å². The minimum Gasteiger partial charge on any atom is -0.478 e. The van der Waals surface area contributed by atoms with Crippen LogP contribution in [0.5, 0.6) is 0 Å². The van der Waals surface area contributed by atoms with Crippen LogP contribution in [0.3, 0.4) is 0 Å². The Morgan fingerprint density at radius 1 is 1.06 bits per heavy atom. The van der Waals surface area contributed by atoms with E-state index in [2.05, 4.69) is 20.8 Å². The molecule has 0 aliphatic heterocycles. The molecule has 32 heavy (non-hydrogen) atoms. The molecule has 0 unspecified atom stereocenters. The molecule has 0 saturated carbocycles. The van der Waals surface area contributed by atoms with E-state index in [1.54, 1.807) is 18.2 Å². The fourth-order valence-electron chi connectivity index (χ4n) is 2.98. The average Bonchev–Trinajstić information content (AvgIpc) is 3.18. The lowest BCUT2D eigenvalue weighted by Crippen LogP contribution is -2.25. The van der Waals surface area contributed by atoms with Crippen LogP contribution in [0, 0.1) is 6.92 Å². The number of thioether (sulfide) groups is 1. The predicted octanol–water partition coefficient (Wildman–Crippen LogP) is 2.97. The summed E-state index contributed by atoms with van der Waals surface area (Å²) in [5, 5.41) is 23.4. The number of carbonyl (C=O) groups excluding carboxylic acids is 2. The molecule has 2 aromatic carbocycles. The molecule has 1 aromatic heterocycles. The highest BCUT2D eigenvalue weighted by molar-refractivity contribution is 7.99. The predicted molar refractivity (Wildman–Crippen MR) is 121 cm³/mol. The molecule has 1 heterocycles. The van der Waals surface area contributed by atoms with Crippen LogP contribution >= 0.6 is 11.8 Å². The summed E-state index contributed by atoms with van der Waals surface area (Å²) >= 11 is 1.21. The first-order valence-corrected chi connectivity index (χ1v) is 10.9. The number of benzene rings is 2. The second kappa shape index (κ2) is 10.6. The van der Waals surface area contributed by atoms with Gasteiger partial charge in [0.05, 0.1) is 17.9 Å². The van der Waals surface area contributed by atoms with Crippen molar-refractivity contribution in [2.75, 3.05) is 11.1 Å². The Kier molecular flexibility index (Phi) is 7.61. The zero-order valence-electron chi connectivity index (χ0n) is 17.7. The van der Waals surface area contributed by atoms with Crippen molar-refractivity contribution in [1.82, 2.24) is 20.1 Å². The second-order valence-corrected chi connectivity index (χ2v) is 7.86. The number of carboxylic acids is 1. The Morgan fingerprint density at radius 2 is 1.81 bits per heavy atom. The third-order valence-electron chi connectivity index (χ3n) is 4.52. The molecule has 0 fully saturated rings. The van der Waals surface area contributed by atoms with Gasteiger partial charge in [0.2, 0.25) is 5.91 Å². The molecule has 0 spiro atoms. The largest absolute Gasteiger partial charge is 0.478 e. The van der Waals surface area contributed by atoms with Gasteiger partial charge in [0.1, 0.15) is 0 Å². The molecule has 0 aliphatic rings. The molecule has 0 aliphatic carbocycles. The zero-order chi connectivity index (χ0) is 23.1. The van der Waals surface area contributed by atoms with Crippen molar-refractivity contribution in [2.45, 2.75) is 32.1 Å². The summed E-state index contributed by atoms with van der Waals surface area (Å²) in [6, 6.07) is 13.4. The van der Waals surface area contributed by atoms with Crippen LogP contribution in [0.15, 0.2) is 53.7 Å². The van der Waals surface area contributed by atoms with Crippen molar-refractivity contribution in [3.63, 3.8) is 0 Å². The minimum absolute atomic E-state index is 0.0745. The van der Waals surface area contributed by atoms with Crippen LogP contribution in [-0.2, 0) is 17.9 Å². The maximum Gasteiger partial charge on any atom is 0.335 e. The Labute approximate surface area is 189 Å². The fourth-order valence-corrected chi connectivity index (χ4v) is 3.80. The van der Waals surface area contributed by atoms with E-state index in [9.17, 15) is 14.4 Å². The van der Waals surface area contributed by atoms with Gasteiger partial charge >= 0.3 is 5.97 Å². The van der Waals surface area contributed by atoms with Crippen LogP contribution in [0.25, 0.3) is 0 Å². The van der Waals surface area contributed by atoms with Gasteiger partial charge in [-0.3, -0.25) is 9.59 Å². The van der Waals surface area contributed by atoms with Gasteiger partial charge in [-0.25, -0.2) is 4.79 Å². The number of nitrogens with one attached hydrogen (secondary N) is 2. The number of aromatic nitrogens is 3. The highest BCUT2D eigenvalue weighted by Crippen LogP contribution is 2.18. The lowest BCUT2D eigenvalue weighted by Gasteiger charge is -2.09. The first-order chi connectivity index (χ1) is 15.4. The van der Waals surface area contributed by atoms with E-state index in [-0.39, 0.29) is 29.7 Å². The van der Waals surface area contributed by atoms with E-state index in [0.717, 1.165) is 5.56 Å². The van der Waals surface area contributed by atoms with E-state index in [1.165, 1.54) is 23.9 Å². The van der Waals surface area contributed by atoms with Crippen LogP contribution in [0.2, 0.25) is 0 Å². The van der Waals surface area contributed by atoms with Crippen LogP contribution in [0.1, 0.15) is 39.0 Å². The summed E-state index contributed by atoms with van der Waals surface area (Å²) in [5.74, 6) is -0.890. The zero-order valence-corrected chi connectivity index (χ0v) is 18.5. The molecule has 10 heteroatoms. The van der Waals surface area contributed by atoms with E-state index >= 15 is 0 Å². The van der Waals surface area contributed by atoms with Crippen molar-refractivity contribution in [1.29, 1.82) is 0 Å². The molecule has 2 amide bonds. The Morgan fingerprint density at radius 3 is 2.53 bits per heavy atom. The quantitative estimate of drug-likeness (QED) is 0.425. The summed E-state index contributed by atoms with van der Waals surface area (Å²) in [4.78, 5) is 35.7. The molecule has 0 radical (unpaired) electrons. The smallest absolute Gasteiger partial charge is 0.335 e. The standard InChI is InChI=1S/C22H23N5O4S/c1-3-27-18(12-23-20(29)15-7-4-6-14(2)10-15)25-26-22(27)32-13-19(28)24-17-9-5-8-16(11-17)21(30)31/h4-11H,3,12-13H2,1-2H3,(H,23,29)(H,24,28)(H,30,31). The van der Waals surface area contributed by atoms with Crippen molar-refractivity contribution < 1.29 is 19.5 Å². The minimum atomic E-state index is -1.06. The first-order valence-electron chi connectivity index (χ1n) is 9.90. The molecule has 9 nitrogen and oxygen atoms in total. The first kappa shape index (κ1) is 23.0. The third kappa shape index (κ3) is 5.94. The van der Waals surface area contributed by atoms with Gasteiger partial charge in [-0.15, -0.1) is 10.2 Å². The SMILES string of the molecule is CCn1c(CNC(=O)c2cccc(C)c2)nnc1SCC(=O)Nc1cccc(C(=O)O)c1. The normalized spacial score (nSPS) is 10.6. The molecule has 0 atom stereocenters. The summed E-state index contributed by atoms with van der Waals surface area (Å²) in [7, 11) is 0. The summed E-state index contributed by atoms with van der Waals surface area (Å²) < 4.78 is 1.83. The van der Waals surface area contributed by atoms with E-state index < -0.39 is 5.97 Å². The molecular formula is C22H23N5O4S. The van der Waals surface area contributed by atoms with Gasteiger partial charge in [-0.2, -0.15) is 0 Å². The van der Waals surface area contributed by atoms with Crippen molar-refractivity contribution in [3.05, 3.63) is 71.0 Å². The number of hydrogen-bond acceptors (Lipinski definition) is 6. The second-order valence-electron chi connectivity index (χ2n) is 6.92. The van der Waals surface area contributed by atoms with Crippen LogP contribution in [0.4, 0.5) is 5.69 Å². The number of anilines is 1. The van der Waals surface area contributed by atoms with Gasteiger partial charge in [0.25, 0.3) is 5.91 Å². The lowest BCUT2D eigenvalue weighted by atomic mass is 10.1. The number of carboxylic acid groups (broad SMARTS) is 1. The van der Waals surface area contributed by atoms with Crippen LogP contribution < -0.4 is 10.6 Å². The lowest BCUT2D eigenvalue weighted by molar-refractivity contribution is -0.113. The summed E-state index contributed by atoms with van der Waals surface area (Å²) in [5.41, 5.74) is 2.08. The molecule has 166 valence electrons. The van der Waals surface area contributed by atoms with Crippen LogP contribution in [-0.4, -0.2) is 43.4 Å². The Bertz CT molecular complexity index is 1140. The summed E-state index contributed by atoms with van der Waals surface area (Å²) in [6.07, 6.45) is 0. The number of amides is 2. The van der Waals surface area contributed by atoms with Crippen molar-refractivity contribution in [2.24, 2.45) is 0 Å². The number of carbonyl (C=O) groups is 3. The van der Waals surface area contributed by atoms with Gasteiger partial charge in [0, 0.05) is 17.8 Å². The highest BCUT2D eigenvalue weighted by Gasteiger charge is 2.15. The fraction of sp³-hybridized carbons (Fsp3) is 0.227. The number of aromatic carboxylic acids is 1. The van der Waals surface area contributed by atoms with E-state index in [4.69, 9.17) is 5.11 Å². The number of nitrogens with zero attached hydrogens (tertiary/aromatic N) is 3. The van der Waals surface area contributed by atoms with E-state index in [1.807, 2.05) is 36.6 Å². The molecule has 3 aromatic rings. The molecule has 0 saturated heterocycles. The molecule has 3 rings (SSSR count). The number of rotatable bonds is 9. The topological polar surface area (TPSA) is 126 Å². The maximum atomic E-state index is 12.4. The summed E-state index contributed by atoms with van der Waals surface area (Å²) in [6.45, 7) is 4.64. The Hall–Kier alpha value is -3.66. The van der Waals surface area contributed by atoms with Gasteiger partial charge < -0.3 is 20.3 Å². The molecule has 3 N–H and O–H groups in total. The average molecular weight is 454 g/mol. The van der Waals surface area contributed by atoms with Crippen molar-refractivity contribution >= 4 is 35.2 Å². The molecular weight excluding hydrogens is 430 g/mol. The maximum absolute atomic E-state index is 12.4. The third-order valence-corrected chi connectivity index (χ3v) is 5.49. The number of hydrogen-bond donors (Lipinski definition) is 3. The Balaban J connectivity index is 1.57. The van der Waals surface area contributed by atoms with Gasteiger partial charge in [0.15, 0.2) is 11.0 Å². The highest BCUT2D eigenvalue weighted by atomic mass is 32.2.